The number of fused-ring (bicyclic) bond motifs is 1. The second kappa shape index (κ2) is 7.08. The monoisotopic (exact) mass is 429 g/mol. The van der Waals surface area contributed by atoms with Crippen LogP contribution in [0.1, 0.15) is 30.7 Å². The van der Waals surface area contributed by atoms with Gasteiger partial charge in [0.05, 0.1) is 11.1 Å². The fourth-order valence-corrected chi connectivity index (χ4v) is 3.16. The number of hydrogen-bond donors (Lipinski definition) is 0. The lowest BCUT2D eigenvalue weighted by Gasteiger charge is -2.14. The van der Waals surface area contributed by atoms with Gasteiger partial charge in [0.2, 0.25) is 0 Å². The lowest BCUT2D eigenvalue weighted by molar-refractivity contribution is -0.144. The Morgan fingerprint density at radius 1 is 1.28 bits per heavy atom. The van der Waals surface area contributed by atoms with Gasteiger partial charge in [-0.05, 0) is 12.1 Å². The normalized spacial score (nSPS) is 12.9. The predicted molar refractivity (Wildman–Crippen MR) is 95.7 cm³/mol. The number of aromatic nitrogens is 2. The zero-order valence-electron chi connectivity index (χ0n) is 15.0. The molecular formula is C18H12ClF4N3O3. The Hall–Kier alpha value is -3.06. The van der Waals surface area contributed by atoms with Gasteiger partial charge in [0.1, 0.15) is 17.1 Å². The van der Waals surface area contributed by atoms with E-state index in [-0.39, 0.29) is 43.4 Å². The number of halogens is 5. The van der Waals surface area contributed by atoms with Crippen molar-refractivity contribution in [3.8, 4) is 11.8 Å². The Morgan fingerprint density at radius 3 is 2.52 bits per heavy atom. The summed E-state index contributed by atoms with van der Waals surface area (Å²) in [6.45, 7) is 1.66. The number of rotatable bonds is 3. The summed E-state index contributed by atoms with van der Waals surface area (Å²) in [7, 11) is 0.814. The van der Waals surface area contributed by atoms with Crippen LogP contribution in [0.5, 0.6) is 0 Å². The zero-order valence-corrected chi connectivity index (χ0v) is 15.7. The molecule has 0 saturated heterocycles. The van der Waals surface area contributed by atoms with Crippen LogP contribution in [0.3, 0.4) is 0 Å². The molecule has 0 fully saturated rings. The Balaban J connectivity index is 2.40. The van der Waals surface area contributed by atoms with Crippen molar-refractivity contribution < 1.29 is 22.0 Å². The third-order valence-corrected chi connectivity index (χ3v) is 4.73. The summed E-state index contributed by atoms with van der Waals surface area (Å²) >= 11 is 6.03. The molecule has 1 aromatic carbocycles. The maximum absolute atomic E-state index is 14.7. The number of nitrogens with zero attached hydrogens (tertiary/aromatic N) is 3. The zero-order chi connectivity index (χ0) is 21.7. The molecule has 0 saturated carbocycles. The van der Waals surface area contributed by atoms with Gasteiger partial charge in [0.25, 0.3) is 5.56 Å². The van der Waals surface area contributed by atoms with Crippen molar-refractivity contribution in [2.75, 3.05) is 0 Å². The molecular weight excluding hydrogens is 418 g/mol. The van der Waals surface area contributed by atoms with Crippen molar-refractivity contribution in [2.45, 2.75) is 25.4 Å². The van der Waals surface area contributed by atoms with Crippen LogP contribution in [-0.2, 0) is 13.2 Å². The van der Waals surface area contributed by atoms with Gasteiger partial charge in [-0.3, -0.25) is 9.36 Å². The molecule has 0 aliphatic rings. The van der Waals surface area contributed by atoms with Gasteiger partial charge in [0.15, 0.2) is 11.4 Å². The minimum atomic E-state index is -4.95. The van der Waals surface area contributed by atoms with Gasteiger partial charge in [-0.2, -0.15) is 18.4 Å². The fourth-order valence-electron chi connectivity index (χ4n) is 2.92. The van der Waals surface area contributed by atoms with Gasteiger partial charge in [-0.1, -0.05) is 18.5 Å². The first-order chi connectivity index (χ1) is 13.5. The van der Waals surface area contributed by atoms with Crippen LogP contribution in [0.15, 0.2) is 32.2 Å². The Labute approximate surface area is 165 Å². The average molecular weight is 430 g/mol. The molecule has 0 amide bonds. The van der Waals surface area contributed by atoms with E-state index < -0.39 is 40.5 Å². The largest absolute Gasteiger partial charge is 0.458 e. The summed E-state index contributed by atoms with van der Waals surface area (Å²) in [5.74, 6) is -1.30. The highest BCUT2D eigenvalue weighted by atomic mass is 35.5. The van der Waals surface area contributed by atoms with E-state index in [1.807, 2.05) is 6.07 Å². The van der Waals surface area contributed by atoms with Gasteiger partial charge in [-0.25, -0.2) is 13.8 Å². The van der Waals surface area contributed by atoms with Crippen molar-refractivity contribution >= 4 is 22.6 Å². The van der Waals surface area contributed by atoms with E-state index in [1.165, 1.54) is 6.07 Å². The minimum Gasteiger partial charge on any atom is -0.458 e. The SMILES string of the molecule is CC(CC#N)c1cc2c(Cl)cc(F)c(-n3c(=O)cc(C(F)(F)F)n(C)c3=O)c2o1. The van der Waals surface area contributed by atoms with E-state index in [9.17, 15) is 27.2 Å². The molecule has 2 aromatic heterocycles. The van der Waals surface area contributed by atoms with Crippen LogP contribution >= 0.6 is 11.6 Å². The molecule has 3 rings (SSSR count). The smallest absolute Gasteiger partial charge is 0.431 e. The molecule has 1 atom stereocenters. The predicted octanol–water partition coefficient (Wildman–Crippen LogP) is 4.11. The van der Waals surface area contributed by atoms with Gasteiger partial charge >= 0.3 is 11.9 Å². The van der Waals surface area contributed by atoms with Gasteiger partial charge in [0, 0.05) is 30.8 Å². The van der Waals surface area contributed by atoms with E-state index in [4.69, 9.17) is 21.3 Å². The highest BCUT2D eigenvalue weighted by Gasteiger charge is 2.35. The van der Waals surface area contributed by atoms with E-state index >= 15 is 0 Å². The number of hydrogen-bond acceptors (Lipinski definition) is 4. The van der Waals surface area contributed by atoms with E-state index in [0.717, 1.165) is 13.1 Å². The van der Waals surface area contributed by atoms with Crippen LogP contribution in [-0.4, -0.2) is 9.13 Å². The summed E-state index contributed by atoms with van der Waals surface area (Å²) in [5, 5.41) is 8.90. The maximum Gasteiger partial charge on any atom is 0.431 e. The molecule has 11 heteroatoms. The molecule has 0 aliphatic heterocycles. The molecule has 152 valence electrons. The molecule has 0 radical (unpaired) electrons. The first-order valence-corrected chi connectivity index (χ1v) is 8.54. The number of furan rings is 1. The van der Waals surface area contributed by atoms with Gasteiger partial charge < -0.3 is 4.42 Å². The van der Waals surface area contributed by atoms with Crippen molar-refractivity contribution in [1.82, 2.24) is 9.13 Å². The summed E-state index contributed by atoms with van der Waals surface area (Å²) in [6.07, 6.45) is -4.89. The molecule has 0 bridgehead atoms. The summed E-state index contributed by atoms with van der Waals surface area (Å²) < 4.78 is 59.9. The molecule has 0 spiro atoms. The van der Waals surface area contributed by atoms with Crippen LogP contribution in [0.25, 0.3) is 16.7 Å². The van der Waals surface area contributed by atoms with E-state index in [0.29, 0.717) is 0 Å². The lowest BCUT2D eigenvalue weighted by Crippen LogP contribution is -2.41. The quantitative estimate of drug-likeness (QED) is 0.587. The van der Waals surface area contributed by atoms with E-state index in [2.05, 4.69) is 0 Å². The first-order valence-electron chi connectivity index (χ1n) is 8.16. The highest BCUT2D eigenvalue weighted by Crippen LogP contribution is 2.36. The maximum atomic E-state index is 14.7. The molecule has 29 heavy (non-hydrogen) atoms. The Kier molecular flexibility index (Phi) is 5.04. The summed E-state index contributed by atoms with van der Waals surface area (Å²) in [4.78, 5) is 24.9. The van der Waals surface area contributed by atoms with Crippen molar-refractivity contribution in [1.29, 1.82) is 5.26 Å². The number of benzene rings is 1. The van der Waals surface area contributed by atoms with Crippen molar-refractivity contribution in [3.05, 3.63) is 61.3 Å². The molecule has 2 heterocycles. The van der Waals surface area contributed by atoms with Crippen LogP contribution in [0, 0.1) is 17.1 Å². The molecule has 1 unspecified atom stereocenters. The molecule has 3 aromatic rings. The van der Waals surface area contributed by atoms with Crippen molar-refractivity contribution in [3.63, 3.8) is 0 Å². The number of alkyl halides is 3. The Bertz CT molecular complexity index is 1280. The average Bonchev–Trinajstić information content (AvgIpc) is 3.06. The van der Waals surface area contributed by atoms with Crippen LogP contribution in [0.4, 0.5) is 17.6 Å². The van der Waals surface area contributed by atoms with Crippen LogP contribution in [0.2, 0.25) is 5.02 Å². The van der Waals surface area contributed by atoms with Crippen LogP contribution < -0.4 is 11.2 Å². The standard InChI is InChI=1S/C18H12ClF4N3O3/c1-8(3-4-24)12-5-9-10(19)6-11(20)15(16(9)29-12)26-14(27)7-13(18(21,22)23)25(2)17(26)28/h5-8H,3H2,1-2H3. The van der Waals surface area contributed by atoms with Gasteiger partial charge in [-0.15, -0.1) is 0 Å². The highest BCUT2D eigenvalue weighted by molar-refractivity contribution is 6.35. The van der Waals surface area contributed by atoms with E-state index in [1.54, 1.807) is 6.92 Å². The second-order valence-electron chi connectivity index (χ2n) is 6.39. The second-order valence-corrected chi connectivity index (χ2v) is 6.79. The fraction of sp³-hybridized carbons (Fsp3) is 0.278. The Morgan fingerprint density at radius 2 is 1.93 bits per heavy atom. The minimum absolute atomic E-state index is 0.0667. The first kappa shape index (κ1) is 20.7. The third kappa shape index (κ3) is 3.42. The lowest BCUT2D eigenvalue weighted by atomic mass is 10.1. The number of nitriles is 1. The molecule has 0 aliphatic carbocycles. The molecule has 6 nitrogen and oxygen atoms in total. The summed E-state index contributed by atoms with van der Waals surface area (Å²) in [5.41, 5.74) is -5.20. The molecule has 0 N–H and O–H groups in total. The summed E-state index contributed by atoms with van der Waals surface area (Å²) in [6, 6.07) is 4.41. The van der Waals surface area contributed by atoms with Crippen molar-refractivity contribution in [2.24, 2.45) is 7.05 Å². The topological polar surface area (TPSA) is 80.9 Å². The third-order valence-electron chi connectivity index (χ3n) is 4.42.